The highest BCUT2D eigenvalue weighted by Crippen LogP contribution is 2.05. The van der Waals surface area contributed by atoms with Gasteiger partial charge in [-0.2, -0.15) is 0 Å². The minimum Gasteiger partial charge on any atom is -0.385 e. The first kappa shape index (κ1) is 5.22. The van der Waals surface area contributed by atoms with Crippen molar-refractivity contribution in [2.45, 2.75) is 6.92 Å². The second-order valence-electron chi connectivity index (χ2n) is 1.96. The van der Waals surface area contributed by atoms with E-state index in [1.165, 1.54) is 5.69 Å². The molecule has 0 fully saturated rings. The van der Waals surface area contributed by atoms with Crippen molar-refractivity contribution in [1.29, 1.82) is 0 Å². The van der Waals surface area contributed by atoms with Gasteiger partial charge in [-0.15, -0.1) is 0 Å². The van der Waals surface area contributed by atoms with Gasteiger partial charge in [0, 0.05) is 12.7 Å². The fourth-order valence-corrected chi connectivity index (χ4v) is 0.633. The maximum absolute atomic E-state index is 5.50. The normalized spacial score (nSPS) is 9.75. The van der Waals surface area contributed by atoms with Gasteiger partial charge in [-0.05, 0) is 19.1 Å². The van der Waals surface area contributed by atoms with Crippen LogP contribution < -0.4 is 5.73 Å². The molecule has 2 heteroatoms. The van der Waals surface area contributed by atoms with E-state index in [1.54, 1.807) is 0 Å². The lowest BCUT2D eigenvalue weighted by atomic mass is 10.5. The van der Waals surface area contributed by atoms with Crippen LogP contribution in [0.25, 0.3) is 0 Å². The molecule has 0 saturated carbocycles. The van der Waals surface area contributed by atoms with E-state index in [1.807, 2.05) is 30.7 Å². The van der Waals surface area contributed by atoms with Crippen molar-refractivity contribution in [2.75, 3.05) is 5.73 Å². The lowest BCUT2D eigenvalue weighted by Gasteiger charge is -1.96. The molecule has 0 aliphatic rings. The molecule has 0 spiro atoms. The minimum absolute atomic E-state index is 0.822. The van der Waals surface area contributed by atoms with Crippen LogP contribution in [0.3, 0.4) is 0 Å². The second-order valence-corrected chi connectivity index (χ2v) is 1.96. The maximum Gasteiger partial charge on any atom is 0.103 e. The molecule has 8 heavy (non-hydrogen) atoms. The molecule has 44 valence electrons. The average molecular weight is 110 g/mol. The molecule has 1 rings (SSSR count). The Hall–Kier alpha value is -0.920. The SMILES string of the molecule is Cc1ccc(N)n1C. The third-order valence-electron chi connectivity index (χ3n) is 1.41. The fraction of sp³-hybridized carbons (Fsp3) is 0.333. The summed E-state index contributed by atoms with van der Waals surface area (Å²) in [6.07, 6.45) is 0. The summed E-state index contributed by atoms with van der Waals surface area (Å²) < 4.78 is 1.94. The van der Waals surface area contributed by atoms with Gasteiger partial charge < -0.3 is 10.3 Å². The summed E-state index contributed by atoms with van der Waals surface area (Å²) >= 11 is 0. The van der Waals surface area contributed by atoms with E-state index in [-0.39, 0.29) is 0 Å². The summed E-state index contributed by atoms with van der Waals surface area (Å²) in [4.78, 5) is 0. The summed E-state index contributed by atoms with van der Waals surface area (Å²) in [5.74, 6) is 0.822. The van der Waals surface area contributed by atoms with Gasteiger partial charge in [-0.1, -0.05) is 0 Å². The molecule has 1 heterocycles. The topological polar surface area (TPSA) is 30.9 Å². The number of nitrogen functional groups attached to an aromatic ring is 1. The number of rotatable bonds is 0. The van der Waals surface area contributed by atoms with Crippen LogP contribution in [-0.2, 0) is 7.05 Å². The van der Waals surface area contributed by atoms with E-state index < -0.39 is 0 Å². The molecular formula is C6H10N2. The zero-order valence-electron chi connectivity index (χ0n) is 5.18. The first-order valence-electron chi connectivity index (χ1n) is 2.59. The predicted molar refractivity (Wildman–Crippen MR) is 34.6 cm³/mol. The van der Waals surface area contributed by atoms with Crippen LogP contribution in [-0.4, -0.2) is 4.57 Å². The quantitative estimate of drug-likeness (QED) is 0.529. The molecule has 0 radical (unpaired) electrons. The molecule has 2 nitrogen and oxygen atoms in total. The standard InChI is InChI=1S/C6H10N2/c1-5-3-4-6(7)8(5)2/h3-4H,7H2,1-2H3. The lowest BCUT2D eigenvalue weighted by Crippen LogP contribution is -1.96. The molecule has 0 atom stereocenters. The lowest BCUT2D eigenvalue weighted by molar-refractivity contribution is 0.895. The minimum atomic E-state index is 0.822. The number of aryl methyl sites for hydroxylation is 1. The molecule has 0 amide bonds. The van der Waals surface area contributed by atoms with Crippen molar-refractivity contribution in [3.05, 3.63) is 17.8 Å². The Balaban J connectivity index is 3.19. The molecule has 0 aliphatic heterocycles. The van der Waals surface area contributed by atoms with Crippen LogP contribution >= 0.6 is 0 Å². The van der Waals surface area contributed by atoms with E-state index in [0.29, 0.717) is 0 Å². The monoisotopic (exact) mass is 110 g/mol. The van der Waals surface area contributed by atoms with E-state index in [2.05, 4.69) is 0 Å². The number of hydrogen-bond donors (Lipinski definition) is 1. The van der Waals surface area contributed by atoms with E-state index in [4.69, 9.17) is 5.73 Å². The molecule has 1 aromatic heterocycles. The van der Waals surface area contributed by atoms with Crippen molar-refractivity contribution < 1.29 is 0 Å². The second kappa shape index (κ2) is 1.54. The first-order valence-corrected chi connectivity index (χ1v) is 2.59. The van der Waals surface area contributed by atoms with Crippen LogP contribution in [0.1, 0.15) is 5.69 Å². The van der Waals surface area contributed by atoms with Gasteiger partial charge in [-0.3, -0.25) is 0 Å². The van der Waals surface area contributed by atoms with Crippen molar-refractivity contribution in [1.82, 2.24) is 4.57 Å². The van der Waals surface area contributed by atoms with Crippen molar-refractivity contribution in [2.24, 2.45) is 7.05 Å². The number of nitrogens with zero attached hydrogens (tertiary/aromatic N) is 1. The van der Waals surface area contributed by atoms with Crippen molar-refractivity contribution in [3.63, 3.8) is 0 Å². The van der Waals surface area contributed by atoms with E-state index in [0.717, 1.165) is 5.82 Å². The molecule has 0 aliphatic carbocycles. The molecule has 2 N–H and O–H groups in total. The van der Waals surface area contributed by atoms with Crippen LogP contribution in [0, 0.1) is 6.92 Å². The average Bonchev–Trinajstić information content (AvgIpc) is 1.98. The molecular weight excluding hydrogens is 100 g/mol. The van der Waals surface area contributed by atoms with Gasteiger partial charge in [0.25, 0.3) is 0 Å². The summed E-state index contributed by atoms with van der Waals surface area (Å²) in [6, 6.07) is 3.89. The van der Waals surface area contributed by atoms with Crippen molar-refractivity contribution in [3.8, 4) is 0 Å². The van der Waals surface area contributed by atoms with E-state index in [9.17, 15) is 0 Å². The summed E-state index contributed by atoms with van der Waals surface area (Å²) in [5, 5.41) is 0. The molecule has 1 aromatic rings. The van der Waals surface area contributed by atoms with Gasteiger partial charge in [-0.25, -0.2) is 0 Å². The van der Waals surface area contributed by atoms with Gasteiger partial charge in [0.1, 0.15) is 5.82 Å². The Kier molecular flexibility index (Phi) is 1.01. The van der Waals surface area contributed by atoms with Gasteiger partial charge in [0.15, 0.2) is 0 Å². The van der Waals surface area contributed by atoms with E-state index >= 15 is 0 Å². The Morgan fingerprint density at radius 3 is 2.25 bits per heavy atom. The molecule has 0 aromatic carbocycles. The van der Waals surface area contributed by atoms with Crippen LogP contribution in [0.5, 0.6) is 0 Å². The number of anilines is 1. The smallest absolute Gasteiger partial charge is 0.103 e. The van der Waals surface area contributed by atoms with Crippen molar-refractivity contribution >= 4 is 5.82 Å². The highest BCUT2D eigenvalue weighted by atomic mass is 15.0. The Morgan fingerprint density at radius 2 is 2.12 bits per heavy atom. The third kappa shape index (κ3) is 0.579. The fourth-order valence-electron chi connectivity index (χ4n) is 0.633. The molecule has 0 unspecified atom stereocenters. The summed E-state index contributed by atoms with van der Waals surface area (Å²) in [5.41, 5.74) is 6.70. The zero-order valence-corrected chi connectivity index (χ0v) is 5.18. The molecule has 0 bridgehead atoms. The first-order chi connectivity index (χ1) is 3.72. The number of hydrogen-bond acceptors (Lipinski definition) is 1. The van der Waals surface area contributed by atoms with Crippen LogP contribution in [0.4, 0.5) is 5.82 Å². The zero-order chi connectivity index (χ0) is 6.15. The predicted octanol–water partition coefficient (Wildman–Crippen LogP) is 0.916. The Labute approximate surface area is 48.9 Å². The van der Waals surface area contributed by atoms with Crippen LogP contribution in [0.2, 0.25) is 0 Å². The van der Waals surface area contributed by atoms with Crippen LogP contribution in [0.15, 0.2) is 12.1 Å². The largest absolute Gasteiger partial charge is 0.385 e. The Morgan fingerprint density at radius 1 is 1.50 bits per heavy atom. The van der Waals surface area contributed by atoms with Gasteiger partial charge in [0.05, 0.1) is 0 Å². The number of aromatic nitrogens is 1. The highest BCUT2D eigenvalue weighted by molar-refractivity contribution is 5.32. The van der Waals surface area contributed by atoms with Gasteiger partial charge >= 0.3 is 0 Å². The maximum atomic E-state index is 5.50. The Bertz CT molecular complexity index is 169. The number of nitrogens with two attached hydrogens (primary N) is 1. The summed E-state index contributed by atoms with van der Waals surface area (Å²) in [6.45, 7) is 2.02. The summed E-state index contributed by atoms with van der Waals surface area (Å²) in [7, 11) is 1.95. The highest BCUT2D eigenvalue weighted by Gasteiger charge is 1.91. The van der Waals surface area contributed by atoms with Gasteiger partial charge in [0.2, 0.25) is 0 Å². The molecule has 0 saturated heterocycles. The third-order valence-corrected chi connectivity index (χ3v) is 1.41.